The van der Waals surface area contributed by atoms with E-state index in [0.717, 1.165) is 38.5 Å². The minimum absolute atomic E-state index is 0.00259. The Morgan fingerprint density at radius 2 is 1.95 bits per heavy atom. The summed E-state index contributed by atoms with van der Waals surface area (Å²) >= 11 is 0. The largest absolute Gasteiger partial charge is 0.495 e. The number of anilines is 4. The summed E-state index contributed by atoms with van der Waals surface area (Å²) in [5.41, 5.74) is 6.73. The van der Waals surface area contributed by atoms with E-state index >= 15 is 0 Å². The van der Waals surface area contributed by atoms with Crippen molar-refractivity contribution < 1.29 is 23.1 Å². The summed E-state index contributed by atoms with van der Waals surface area (Å²) in [4.78, 5) is 36.8. The summed E-state index contributed by atoms with van der Waals surface area (Å²) in [6, 6.07) is 5.03. The molecule has 0 bridgehead atoms. The second kappa shape index (κ2) is 11.8. The lowest BCUT2D eigenvalue weighted by molar-refractivity contribution is -0.119. The molecule has 13 heteroatoms. The van der Waals surface area contributed by atoms with Crippen LogP contribution in [-0.2, 0) is 4.79 Å². The number of rotatable bonds is 8. The summed E-state index contributed by atoms with van der Waals surface area (Å²) in [7, 11) is 1.50. The van der Waals surface area contributed by atoms with E-state index in [-0.39, 0.29) is 36.4 Å². The van der Waals surface area contributed by atoms with Crippen molar-refractivity contribution >= 4 is 35.0 Å². The molecule has 40 heavy (non-hydrogen) atoms. The number of hydrogen-bond donors (Lipinski definition) is 4. The molecule has 3 aliphatic rings. The number of methoxy groups -OCH3 is 1. The second-order valence-corrected chi connectivity index (χ2v) is 10.7. The lowest BCUT2D eigenvalue weighted by Crippen LogP contribution is -2.46. The van der Waals surface area contributed by atoms with Gasteiger partial charge in [0.05, 0.1) is 44.3 Å². The molecular formula is C27H36F2N8O3. The topological polar surface area (TPSA) is 138 Å². The number of nitrogens with zero attached hydrogens (tertiary/aromatic N) is 4. The molecule has 1 saturated heterocycles. The van der Waals surface area contributed by atoms with Gasteiger partial charge in [-0.25, -0.2) is 13.8 Å². The Hall–Kier alpha value is -3.74. The van der Waals surface area contributed by atoms with Gasteiger partial charge in [-0.05, 0) is 43.9 Å². The first-order valence-corrected chi connectivity index (χ1v) is 13.7. The first kappa shape index (κ1) is 27.8. The van der Waals surface area contributed by atoms with Crippen LogP contribution in [0.25, 0.3) is 0 Å². The molecule has 0 spiro atoms. The zero-order chi connectivity index (χ0) is 28.3. The molecule has 1 aromatic heterocycles. The van der Waals surface area contributed by atoms with E-state index in [9.17, 15) is 18.4 Å². The second-order valence-electron chi connectivity index (χ2n) is 10.7. The van der Waals surface area contributed by atoms with Gasteiger partial charge in [0.2, 0.25) is 11.9 Å². The Balaban J connectivity index is 1.28. The molecule has 0 radical (unpaired) electrons. The van der Waals surface area contributed by atoms with Crippen LogP contribution in [0.2, 0.25) is 0 Å². The number of amides is 2. The van der Waals surface area contributed by atoms with Gasteiger partial charge in [-0.15, -0.1) is 0 Å². The highest BCUT2D eigenvalue weighted by atomic mass is 19.3. The minimum Gasteiger partial charge on any atom is -0.495 e. The van der Waals surface area contributed by atoms with Crippen LogP contribution in [0.4, 0.5) is 31.9 Å². The zero-order valence-electron chi connectivity index (χ0n) is 22.6. The number of hydrogen-bond acceptors (Lipinski definition) is 9. The van der Waals surface area contributed by atoms with Crippen LogP contribution >= 0.6 is 0 Å². The number of likely N-dealkylation sites (tertiary alicyclic amines) is 1. The fraction of sp³-hybridized carbons (Fsp3) is 0.556. The van der Waals surface area contributed by atoms with Crippen molar-refractivity contribution in [2.45, 2.75) is 56.5 Å². The highest BCUT2D eigenvalue weighted by molar-refractivity contribution is 5.95. The van der Waals surface area contributed by atoms with E-state index < -0.39 is 19.0 Å². The number of alkyl halides is 2. The van der Waals surface area contributed by atoms with Gasteiger partial charge >= 0.3 is 0 Å². The molecule has 1 saturated carbocycles. The van der Waals surface area contributed by atoms with Gasteiger partial charge in [0, 0.05) is 30.7 Å². The minimum atomic E-state index is -2.89. The van der Waals surface area contributed by atoms with Gasteiger partial charge in [0.15, 0.2) is 5.82 Å². The maximum atomic E-state index is 14.6. The number of fused-ring (bicyclic) bond motifs is 1. The van der Waals surface area contributed by atoms with Crippen LogP contribution < -0.4 is 31.3 Å². The number of carbonyl (C=O) groups is 2. The number of nitrogens with one attached hydrogen (secondary N) is 3. The molecule has 3 heterocycles. The van der Waals surface area contributed by atoms with Crippen molar-refractivity contribution in [3.05, 3.63) is 30.0 Å². The molecule has 0 unspecified atom stereocenters. The number of ether oxygens (including phenoxy) is 1. The van der Waals surface area contributed by atoms with Crippen LogP contribution in [0.3, 0.4) is 0 Å². The third-order valence-corrected chi connectivity index (χ3v) is 7.76. The lowest BCUT2D eigenvalue weighted by Gasteiger charge is -2.31. The van der Waals surface area contributed by atoms with Gasteiger partial charge in [-0.3, -0.25) is 14.5 Å². The molecule has 2 aromatic rings. The number of benzene rings is 1. The Bertz CT molecular complexity index is 1230. The Labute approximate surface area is 231 Å². The van der Waals surface area contributed by atoms with Gasteiger partial charge in [-0.1, -0.05) is 12.8 Å². The number of aromatic nitrogens is 2. The van der Waals surface area contributed by atoms with Crippen LogP contribution in [0.1, 0.15) is 48.9 Å². The third kappa shape index (κ3) is 6.52. The van der Waals surface area contributed by atoms with E-state index in [4.69, 9.17) is 10.5 Å². The van der Waals surface area contributed by atoms with Crippen molar-refractivity contribution in [1.82, 2.24) is 20.2 Å². The summed E-state index contributed by atoms with van der Waals surface area (Å²) in [5, 5.41) is 8.99. The van der Waals surface area contributed by atoms with E-state index in [1.165, 1.54) is 13.3 Å². The van der Waals surface area contributed by atoms with Crippen molar-refractivity contribution in [3.8, 4) is 5.75 Å². The van der Waals surface area contributed by atoms with E-state index in [1.807, 2.05) is 4.90 Å². The summed E-state index contributed by atoms with van der Waals surface area (Å²) < 4.78 is 34.7. The summed E-state index contributed by atoms with van der Waals surface area (Å²) in [6.45, 7) is 0.731. The number of piperidine rings is 1. The van der Waals surface area contributed by atoms with Gasteiger partial charge in [0.25, 0.3) is 11.8 Å². The maximum Gasteiger partial charge on any atom is 0.282 e. The quantitative estimate of drug-likeness (QED) is 0.385. The highest BCUT2D eigenvalue weighted by Crippen LogP contribution is 2.37. The van der Waals surface area contributed by atoms with Crippen molar-refractivity contribution in [2.75, 3.05) is 55.4 Å². The van der Waals surface area contributed by atoms with Gasteiger partial charge < -0.3 is 31.3 Å². The molecule has 2 amide bonds. The third-order valence-electron chi connectivity index (χ3n) is 7.76. The van der Waals surface area contributed by atoms with Crippen LogP contribution in [0.15, 0.2) is 24.4 Å². The average Bonchev–Trinajstić information content (AvgIpc) is 3.43. The maximum absolute atomic E-state index is 14.6. The molecule has 5 N–H and O–H groups in total. The lowest BCUT2D eigenvalue weighted by atomic mass is 10.0. The van der Waals surface area contributed by atoms with Crippen LogP contribution in [-0.4, -0.2) is 84.5 Å². The first-order chi connectivity index (χ1) is 19.2. The number of halogens is 2. The predicted octanol–water partition coefficient (Wildman–Crippen LogP) is 2.72. The Kier molecular flexibility index (Phi) is 8.19. The number of nitrogens with two attached hydrogens (primary N) is 1. The normalized spacial score (nSPS) is 19.8. The predicted molar refractivity (Wildman–Crippen MR) is 147 cm³/mol. The highest BCUT2D eigenvalue weighted by Gasteiger charge is 2.39. The molecule has 2 fully saturated rings. The molecule has 1 aromatic carbocycles. The Morgan fingerprint density at radius 3 is 2.65 bits per heavy atom. The van der Waals surface area contributed by atoms with E-state index in [2.05, 4.69) is 25.9 Å². The fourth-order valence-corrected chi connectivity index (χ4v) is 5.68. The molecule has 0 atom stereocenters. The monoisotopic (exact) mass is 558 g/mol. The summed E-state index contributed by atoms with van der Waals surface area (Å²) in [5.74, 6) is -2.36. The number of carbonyl (C=O) groups excluding carboxylic acids is 2. The van der Waals surface area contributed by atoms with E-state index in [1.54, 1.807) is 23.1 Å². The average molecular weight is 559 g/mol. The molecule has 1 aliphatic carbocycles. The smallest absolute Gasteiger partial charge is 0.282 e. The molecule has 216 valence electrons. The molecule has 11 nitrogen and oxygen atoms in total. The Morgan fingerprint density at radius 1 is 1.20 bits per heavy atom. The fourth-order valence-electron chi connectivity index (χ4n) is 5.68. The van der Waals surface area contributed by atoms with Crippen molar-refractivity contribution in [2.24, 2.45) is 5.73 Å². The first-order valence-electron chi connectivity index (χ1n) is 13.7. The van der Waals surface area contributed by atoms with Crippen LogP contribution in [0.5, 0.6) is 5.75 Å². The van der Waals surface area contributed by atoms with Gasteiger partial charge in [0.1, 0.15) is 5.75 Å². The van der Waals surface area contributed by atoms with Gasteiger partial charge in [-0.2, -0.15) is 4.98 Å². The van der Waals surface area contributed by atoms with Crippen molar-refractivity contribution in [1.29, 1.82) is 0 Å². The molecular weight excluding hydrogens is 522 g/mol. The molecule has 5 rings (SSSR count). The van der Waals surface area contributed by atoms with Crippen molar-refractivity contribution in [3.63, 3.8) is 0 Å². The zero-order valence-corrected chi connectivity index (χ0v) is 22.6. The standard InChI is InChI=1S/C27H36F2N8O3/c1-40-22-12-17(25(39)33-18-8-10-36(11-9-18)14-23(30)38)6-7-20(22)34-26-31-13-21-24(35-26)37(19-4-2-3-5-19)16-27(28,29)15-32-21/h6-7,12-13,18-19,32H,2-5,8-11,14-16H2,1H3,(H2,30,38)(H,33,39)(H,31,34,35). The van der Waals surface area contributed by atoms with Crippen LogP contribution in [0, 0.1) is 0 Å². The number of primary amides is 1. The van der Waals surface area contributed by atoms with E-state index in [0.29, 0.717) is 41.6 Å². The SMILES string of the molecule is COc1cc(C(=O)NC2CCN(CC(N)=O)CC2)ccc1Nc1ncc2c(n1)N(C1CCCC1)CC(F)(F)CN2. The summed E-state index contributed by atoms with van der Waals surface area (Å²) in [6.07, 6.45) is 6.71. The molecule has 2 aliphatic heterocycles.